The summed E-state index contributed by atoms with van der Waals surface area (Å²) < 4.78 is 40.3. The largest absolute Gasteiger partial charge is 0.418 e. The first-order valence-corrected chi connectivity index (χ1v) is 5.83. The van der Waals surface area contributed by atoms with Crippen LogP contribution in [0.2, 0.25) is 5.02 Å². The summed E-state index contributed by atoms with van der Waals surface area (Å²) in [5.74, 6) is 0. The smallest absolute Gasteiger partial charge is 0.326 e. The molecule has 19 heavy (non-hydrogen) atoms. The number of aryl methyl sites for hydroxylation is 1. The molecule has 102 valence electrons. The lowest BCUT2D eigenvalue weighted by molar-refractivity contribution is -0.137. The topological polar surface area (TPSA) is 43.8 Å². The molecule has 1 aromatic heterocycles. The van der Waals surface area contributed by atoms with Crippen molar-refractivity contribution in [2.45, 2.75) is 19.6 Å². The molecule has 0 atom stereocenters. The molecule has 0 saturated carbocycles. The Morgan fingerprint density at radius 2 is 2.05 bits per heavy atom. The Hall–Kier alpha value is -1.53. The van der Waals surface area contributed by atoms with Crippen LogP contribution in [-0.2, 0) is 12.7 Å². The van der Waals surface area contributed by atoms with Gasteiger partial charge in [0.1, 0.15) is 0 Å². The molecule has 0 aliphatic carbocycles. The van der Waals surface area contributed by atoms with Gasteiger partial charge in [-0.2, -0.15) is 18.3 Å². The number of alkyl halides is 3. The second kappa shape index (κ2) is 4.86. The number of nitrogens with two attached hydrogens (primary N) is 1. The van der Waals surface area contributed by atoms with Gasteiger partial charge >= 0.3 is 6.18 Å². The summed E-state index contributed by atoms with van der Waals surface area (Å²) in [5.41, 5.74) is 5.39. The molecule has 1 heterocycles. The maximum Gasteiger partial charge on any atom is 0.418 e. The van der Waals surface area contributed by atoms with Crippen LogP contribution >= 0.6 is 11.6 Å². The highest BCUT2D eigenvalue weighted by Gasteiger charge is 2.34. The molecular weight excluding hydrogens is 279 g/mol. The van der Waals surface area contributed by atoms with E-state index in [1.54, 1.807) is 6.92 Å². The number of hydrogen-bond donors (Lipinski definition) is 1. The first-order chi connectivity index (χ1) is 8.82. The Labute approximate surface area is 112 Å². The zero-order chi connectivity index (χ0) is 14.2. The van der Waals surface area contributed by atoms with Crippen molar-refractivity contribution in [3.63, 3.8) is 0 Å². The molecule has 1 aromatic carbocycles. The van der Waals surface area contributed by atoms with Gasteiger partial charge in [-0.1, -0.05) is 17.7 Å². The molecule has 0 fully saturated rings. The van der Waals surface area contributed by atoms with Gasteiger partial charge in [-0.3, -0.25) is 0 Å². The summed E-state index contributed by atoms with van der Waals surface area (Å²) in [4.78, 5) is 0. The quantitative estimate of drug-likeness (QED) is 0.922. The lowest BCUT2D eigenvalue weighted by atomic mass is 10.1. The predicted molar refractivity (Wildman–Crippen MR) is 66.2 cm³/mol. The van der Waals surface area contributed by atoms with Crippen molar-refractivity contribution in [1.82, 2.24) is 9.78 Å². The lowest BCUT2D eigenvalue weighted by Gasteiger charge is -2.14. The first-order valence-electron chi connectivity index (χ1n) is 5.45. The van der Waals surface area contributed by atoms with Crippen LogP contribution in [0.5, 0.6) is 0 Å². The Balaban J connectivity index is 2.62. The Bertz CT molecular complexity index is 585. The van der Waals surface area contributed by atoms with Crippen molar-refractivity contribution < 1.29 is 13.2 Å². The van der Waals surface area contributed by atoms with Crippen LogP contribution in [0.25, 0.3) is 5.69 Å². The van der Waals surface area contributed by atoms with E-state index >= 15 is 0 Å². The van der Waals surface area contributed by atoms with Crippen LogP contribution in [0, 0.1) is 6.92 Å². The van der Waals surface area contributed by atoms with Crippen molar-refractivity contribution in [1.29, 1.82) is 0 Å². The molecule has 2 N–H and O–H groups in total. The van der Waals surface area contributed by atoms with Gasteiger partial charge in [0.2, 0.25) is 0 Å². The number of hydrogen-bond acceptors (Lipinski definition) is 2. The third-order valence-corrected chi connectivity index (χ3v) is 3.06. The lowest BCUT2D eigenvalue weighted by Crippen LogP contribution is -2.12. The minimum Gasteiger partial charge on any atom is -0.326 e. The molecule has 0 unspecified atom stereocenters. The van der Waals surface area contributed by atoms with Crippen LogP contribution in [0.3, 0.4) is 0 Å². The van der Waals surface area contributed by atoms with Gasteiger partial charge in [-0.05, 0) is 24.6 Å². The van der Waals surface area contributed by atoms with E-state index < -0.39 is 11.7 Å². The SMILES string of the molecule is Cc1nn(-c2ccc(CN)cc2C(F)(F)F)cc1Cl. The Kier molecular flexibility index (Phi) is 3.56. The van der Waals surface area contributed by atoms with Gasteiger partial charge in [0, 0.05) is 12.7 Å². The number of halogens is 4. The minimum absolute atomic E-state index is 0.0439. The van der Waals surface area contributed by atoms with E-state index in [0.29, 0.717) is 16.3 Å². The molecule has 0 saturated heterocycles. The average Bonchev–Trinajstić information content (AvgIpc) is 2.67. The molecule has 2 aromatic rings. The molecule has 0 amide bonds. The van der Waals surface area contributed by atoms with Crippen molar-refractivity contribution in [3.05, 3.63) is 46.2 Å². The average molecular weight is 290 g/mol. The fraction of sp³-hybridized carbons (Fsp3) is 0.250. The molecule has 0 bridgehead atoms. The zero-order valence-corrected chi connectivity index (χ0v) is 10.8. The molecule has 7 heteroatoms. The normalized spacial score (nSPS) is 11.9. The van der Waals surface area contributed by atoms with Crippen molar-refractivity contribution >= 4 is 11.6 Å². The summed E-state index contributed by atoms with van der Waals surface area (Å²) in [6.07, 6.45) is -3.13. The number of rotatable bonds is 2. The van der Waals surface area contributed by atoms with Crippen molar-refractivity contribution in [2.24, 2.45) is 5.73 Å². The van der Waals surface area contributed by atoms with Gasteiger partial charge in [0.15, 0.2) is 0 Å². The third-order valence-electron chi connectivity index (χ3n) is 2.69. The molecule has 0 aliphatic heterocycles. The van der Waals surface area contributed by atoms with Crippen LogP contribution < -0.4 is 5.73 Å². The van der Waals surface area contributed by atoms with Gasteiger partial charge in [-0.15, -0.1) is 0 Å². The summed E-state index contributed by atoms with van der Waals surface area (Å²) >= 11 is 5.82. The molecular formula is C12H11ClF3N3. The highest BCUT2D eigenvalue weighted by atomic mass is 35.5. The van der Waals surface area contributed by atoms with Gasteiger partial charge in [0.25, 0.3) is 0 Å². The van der Waals surface area contributed by atoms with Crippen LogP contribution in [0.4, 0.5) is 13.2 Å². The molecule has 0 radical (unpaired) electrons. The van der Waals surface area contributed by atoms with Gasteiger partial charge in [0.05, 0.1) is 22.0 Å². The standard InChI is InChI=1S/C12H11ClF3N3/c1-7-10(13)6-19(18-7)11-3-2-8(5-17)4-9(11)12(14,15)16/h2-4,6H,5,17H2,1H3. The van der Waals surface area contributed by atoms with E-state index in [4.69, 9.17) is 17.3 Å². The Morgan fingerprint density at radius 1 is 1.37 bits per heavy atom. The fourth-order valence-corrected chi connectivity index (χ4v) is 1.83. The van der Waals surface area contributed by atoms with Crippen molar-refractivity contribution in [2.75, 3.05) is 0 Å². The fourth-order valence-electron chi connectivity index (χ4n) is 1.70. The highest BCUT2D eigenvalue weighted by Crippen LogP contribution is 2.34. The molecule has 2 rings (SSSR count). The van der Waals surface area contributed by atoms with Gasteiger partial charge in [-0.25, -0.2) is 4.68 Å². The summed E-state index contributed by atoms with van der Waals surface area (Å²) in [6.45, 7) is 1.67. The van der Waals surface area contributed by atoms with E-state index in [1.807, 2.05) is 0 Å². The summed E-state index contributed by atoms with van der Waals surface area (Å²) in [7, 11) is 0. The molecule has 3 nitrogen and oxygen atoms in total. The maximum atomic E-state index is 13.0. The predicted octanol–water partition coefficient (Wildman–Crippen LogP) is 3.31. The van der Waals surface area contributed by atoms with Gasteiger partial charge < -0.3 is 5.73 Å². The summed E-state index contributed by atoms with van der Waals surface area (Å²) in [5, 5.41) is 4.28. The van der Waals surface area contributed by atoms with E-state index in [-0.39, 0.29) is 12.2 Å². The number of nitrogens with zero attached hydrogens (tertiary/aromatic N) is 2. The number of aromatic nitrogens is 2. The molecule has 0 spiro atoms. The van der Waals surface area contributed by atoms with E-state index in [1.165, 1.54) is 18.3 Å². The highest BCUT2D eigenvalue weighted by molar-refractivity contribution is 6.31. The third kappa shape index (κ3) is 2.74. The second-order valence-corrected chi connectivity index (χ2v) is 4.47. The van der Waals surface area contributed by atoms with Crippen LogP contribution in [-0.4, -0.2) is 9.78 Å². The van der Waals surface area contributed by atoms with Crippen LogP contribution in [0.15, 0.2) is 24.4 Å². The zero-order valence-electron chi connectivity index (χ0n) is 10.0. The van der Waals surface area contributed by atoms with E-state index in [0.717, 1.165) is 10.7 Å². The van der Waals surface area contributed by atoms with E-state index in [9.17, 15) is 13.2 Å². The molecule has 0 aliphatic rings. The van der Waals surface area contributed by atoms with Crippen molar-refractivity contribution in [3.8, 4) is 5.69 Å². The van der Waals surface area contributed by atoms with Crippen LogP contribution in [0.1, 0.15) is 16.8 Å². The first kappa shape index (κ1) is 13.9. The van der Waals surface area contributed by atoms with E-state index in [2.05, 4.69) is 5.10 Å². The monoisotopic (exact) mass is 289 g/mol. The second-order valence-electron chi connectivity index (χ2n) is 4.06. The maximum absolute atomic E-state index is 13.0. The Morgan fingerprint density at radius 3 is 2.53 bits per heavy atom. The minimum atomic E-state index is -4.48. The number of benzene rings is 1. The summed E-state index contributed by atoms with van der Waals surface area (Å²) in [6, 6.07) is 3.91.